The number of nitrogens with zero attached hydrogens (tertiary/aromatic N) is 3. The number of ether oxygens (including phenoxy) is 1. The van der Waals surface area contributed by atoms with Crippen LogP contribution in [0.2, 0.25) is 0 Å². The smallest absolute Gasteiger partial charge is 0.335 e. The number of carboxylic acid groups (broad SMARTS) is 2. The molecule has 11 heteroatoms. The van der Waals surface area contributed by atoms with Gasteiger partial charge >= 0.3 is 11.9 Å². The molecule has 32 heavy (non-hydrogen) atoms. The Morgan fingerprint density at radius 3 is 2.19 bits per heavy atom. The van der Waals surface area contributed by atoms with Crippen molar-refractivity contribution in [2.75, 3.05) is 6.54 Å². The predicted molar refractivity (Wildman–Crippen MR) is 113 cm³/mol. The molecule has 2 aromatic rings. The van der Waals surface area contributed by atoms with Gasteiger partial charge in [-0.3, -0.25) is 4.68 Å². The van der Waals surface area contributed by atoms with Crippen molar-refractivity contribution >= 4 is 11.9 Å². The van der Waals surface area contributed by atoms with Gasteiger partial charge in [-0.15, -0.1) is 0 Å². The zero-order chi connectivity index (χ0) is 24.4. The molecule has 174 valence electrons. The number of aliphatic hydroxyl groups excluding tert-OH is 2. The van der Waals surface area contributed by atoms with Gasteiger partial charge in [0.05, 0.1) is 23.9 Å². The lowest BCUT2D eigenvalue weighted by Crippen LogP contribution is -2.39. The number of aromatic nitrogens is 2. The summed E-state index contributed by atoms with van der Waals surface area (Å²) >= 11 is 0. The van der Waals surface area contributed by atoms with Crippen LogP contribution in [0.5, 0.6) is 11.5 Å². The lowest BCUT2D eigenvalue weighted by atomic mass is 10.1. The molecule has 6 N–H and O–H groups in total. The van der Waals surface area contributed by atoms with E-state index in [0.29, 0.717) is 24.4 Å². The van der Waals surface area contributed by atoms with Gasteiger partial charge in [-0.05, 0) is 43.5 Å². The van der Waals surface area contributed by atoms with Crippen molar-refractivity contribution in [1.82, 2.24) is 9.78 Å². The normalized spacial score (nSPS) is 12.2. The van der Waals surface area contributed by atoms with Crippen LogP contribution in [0, 0.1) is 18.3 Å². The number of hydrogen-bond donors (Lipinski definition) is 5. The van der Waals surface area contributed by atoms with Crippen molar-refractivity contribution in [3.63, 3.8) is 0 Å². The molecule has 11 nitrogen and oxygen atoms in total. The average molecular weight is 448 g/mol. The zero-order valence-electron chi connectivity index (χ0n) is 18.1. The van der Waals surface area contributed by atoms with E-state index in [1.807, 2.05) is 23.7 Å². The second-order valence-electron chi connectivity index (χ2n) is 6.76. The van der Waals surface area contributed by atoms with Crippen LogP contribution in [0.3, 0.4) is 0 Å². The molecule has 0 saturated carbocycles. The fourth-order valence-electron chi connectivity index (χ4n) is 2.79. The standard InChI is InChI=1S/C17H22N4O.C4H6O6/c1-4-15-17(16(5-2)21(20-15)7-6-18)22-14-9-12(3)8-13(10-14)11-19;5-1(3(7)8)2(6)4(9)10/h8-10H,4-7,18H2,1-3H3;1-2,5-6H,(H,7,8)(H,9,10). The van der Waals surface area contributed by atoms with E-state index in [9.17, 15) is 9.59 Å². The molecule has 1 heterocycles. The summed E-state index contributed by atoms with van der Waals surface area (Å²) in [5, 5.41) is 46.2. The summed E-state index contributed by atoms with van der Waals surface area (Å²) in [6.07, 6.45) is -2.93. The number of nitrogens with two attached hydrogens (primary N) is 1. The molecule has 0 aliphatic heterocycles. The van der Waals surface area contributed by atoms with E-state index >= 15 is 0 Å². The number of carboxylic acids is 2. The molecule has 0 spiro atoms. The summed E-state index contributed by atoms with van der Waals surface area (Å²) in [5.41, 5.74) is 9.22. The molecule has 0 radical (unpaired) electrons. The third-order valence-electron chi connectivity index (χ3n) is 4.29. The van der Waals surface area contributed by atoms with Crippen molar-refractivity contribution in [3.8, 4) is 17.6 Å². The molecule has 1 aromatic carbocycles. The van der Waals surface area contributed by atoms with Crippen LogP contribution in [0.15, 0.2) is 18.2 Å². The first-order chi connectivity index (χ1) is 15.1. The number of aliphatic hydroxyl groups is 2. The fraction of sp³-hybridized carbons (Fsp3) is 0.429. The molecule has 0 saturated heterocycles. The first kappa shape index (κ1) is 26.6. The Hall–Kier alpha value is -3.46. The van der Waals surface area contributed by atoms with Gasteiger partial charge in [0.1, 0.15) is 11.4 Å². The van der Waals surface area contributed by atoms with E-state index in [1.165, 1.54) is 0 Å². The van der Waals surface area contributed by atoms with E-state index in [2.05, 4.69) is 25.0 Å². The summed E-state index contributed by atoms with van der Waals surface area (Å²) in [4.78, 5) is 19.5. The van der Waals surface area contributed by atoms with Crippen LogP contribution < -0.4 is 10.5 Å². The van der Waals surface area contributed by atoms with Gasteiger partial charge in [0.2, 0.25) is 0 Å². The number of benzene rings is 1. The highest BCUT2D eigenvalue weighted by atomic mass is 16.5. The highest BCUT2D eigenvalue weighted by Gasteiger charge is 2.29. The first-order valence-corrected chi connectivity index (χ1v) is 9.89. The van der Waals surface area contributed by atoms with E-state index in [-0.39, 0.29) is 0 Å². The van der Waals surface area contributed by atoms with E-state index in [1.54, 1.807) is 6.07 Å². The third kappa shape index (κ3) is 7.05. The Balaban J connectivity index is 0.000000433. The molecule has 0 aliphatic carbocycles. The van der Waals surface area contributed by atoms with Crippen LogP contribution in [0.1, 0.15) is 36.4 Å². The second kappa shape index (κ2) is 12.4. The Morgan fingerprint density at radius 2 is 1.75 bits per heavy atom. The number of aliphatic carboxylic acids is 2. The van der Waals surface area contributed by atoms with Crippen molar-refractivity contribution < 1.29 is 34.8 Å². The van der Waals surface area contributed by atoms with Gasteiger partial charge < -0.3 is 30.9 Å². The van der Waals surface area contributed by atoms with Gasteiger partial charge in [-0.25, -0.2) is 9.59 Å². The molecule has 0 fully saturated rings. The topological polar surface area (TPSA) is 192 Å². The Bertz CT molecular complexity index is 963. The molecule has 0 bridgehead atoms. The summed E-state index contributed by atoms with van der Waals surface area (Å²) in [7, 11) is 0. The average Bonchev–Trinajstić information content (AvgIpc) is 3.08. The van der Waals surface area contributed by atoms with Gasteiger partial charge in [0.25, 0.3) is 0 Å². The largest absolute Gasteiger partial charge is 0.479 e. The van der Waals surface area contributed by atoms with Gasteiger partial charge in [-0.2, -0.15) is 10.4 Å². The Kier molecular flexibility index (Phi) is 10.3. The number of nitriles is 1. The quantitative estimate of drug-likeness (QED) is 0.367. The second-order valence-corrected chi connectivity index (χ2v) is 6.76. The maximum absolute atomic E-state index is 9.77. The van der Waals surface area contributed by atoms with Gasteiger partial charge in [0, 0.05) is 6.54 Å². The number of aryl methyl sites for hydroxylation is 2. The highest BCUT2D eigenvalue weighted by molar-refractivity contribution is 5.83. The first-order valence-electron chi connectivity index (χ1n) is 9.89. The molecule has 0 amide bonds. The summed E-state index contributed by atoms with van der Waals surface area (Å²) in [6.45, 7) is 7.30. The fourth-order valence-corrected chi connectivity index (χ4v) is 2.79. The predicted octanol–water partition coefficient (Wildman–Crippen LogP) is 0.816. The van der Waals surface area contributed by atoms with Crippen molar-refractivity contribution in [3.05, 3.63) is 40.7 Å². The Labute approximate surface area is 185 Å². The third-order valence-corrected chi connectivity index (χ3v) is 4.29. The van der Waals surface area contributed by atoms with Crippen LogP contribution in [0.25, 0.3) is 0 Å². The molecule has 2 unspecified atom stereocenters. The zero-order valence-corrected chi connectivity index (χ0v) is 18.1. The molecule has 1 aromatic heterocycles. The van der Waals surface area contributed by atoms with E-state index in [0.717, 1.165) is 35.5 Å². The maximum Gasteiger partial charge on any atom is 0.335 e. The molecular formula is C21H28N4O7. The van der Waals surface area contributed by atoms with E-state index < -0.39 is 24.1 Å². The summed E-state index contributed by atoms with van der Waals surface area (Å²) in [6, 6.07) is 7.69. The number of rotatable bonds is 9. The minimum Gasteiger partial charge on any atom is -0.479 e. The highest BCUT2D eigenvalue weighted by Crippen LogP contribution is 2.31. The van der Waals surface area contributed by atoms with Gasteiger partial charge in [-0.1, -0.05) is 13.8 Å². The maximum atomic E-state index is 9.77. The molecule has 2 rings (SSSR count). The number of carbonyl (C=O) groups is 2. The molecule has 2 atom stereocenters. The monoisotopic (exact) mass is 448 g/mol. The molecular weight excluding hydrogens is 420 g/mol. The Morgan fingerprint density at radius 1 is 1.16 bits per heavy atom. The van der Waals surface area contributed by atoms with Crippen LogP contribution in [-0.4, -0.2) is 60.9 Å². The van der Waals surface area contributed by atoms with E-state index in [4.69, 9.17) is 36.2 Å². The summed E-state index contributed by atoms with van der Waals surface area (Å²) < 4.78 is 8.02. The number of hydrogen-bond acceptors (Lipinski definition) is 8. The van der Waals surface area contributed by atoms with Crippen molar-refractivity contribution in [1.29, 1.82) is 5.26 Å². The lowest BCUT2D eigenvalue weighted by Gasteiger charge is -2.10. The minimum atomic E-state index is -2.27. The SMILES string of the molecule is CCc1nn(CCN)c(CC)c1Oc1cc(C)cc(C#N)c1.O=C(O)C(O)C(O)C(=O)O. The van der Waals surface area contributed by atoms with Crippen LogP contribution in [0.4, 0.5) is 0 Å². The van der Waals surface area contributed by atoms with Crippen molar-refractivity contribution in [2.24, 2.45) is 5.73 Å². The van der Waals surface area contributed by atoms with Crippen molar-refractivity contribution in [2.45, 2.75) is 52.4 Å². The van der Waals surface area contributed by atoms with Crippen LogP contribution >= 0.6 is 0 Å². The summed E-state index contributed by atoms with van der Waals surface area (Å²) in [5.74, 6) is -2.06. The molecule has 0 aliphatic rings. The van der Waals surface area contributed by atoms with Crippen LogP contribution in [-0.2, 0) is 29.0 Å². The van der Waals surface area contributed by atoms with Gasteiger partial charge in [0.15, 0.2) is 18.0 Å². The minimum absolute atomic E-state index is 0.542. The lowest BCUT2D eigenvalue weighted by molar-refractivity contribution is -0.165.